The van der Waals surface area contributed by atoms with Gasteiger partial charge in [-0.25, -0.2) is 0 Å². The number of rotatable bonds is 2. The number of benzene rings is 3. The molecule has 1 aliphatic rings. The molecule has 0 aliphatic carbocycles. The Morgan fingerprint density at radius 1 is 0.667 bits per heavy atom. The summed E-state index contributed by atoms with van der Waals surface area (Å²) in [7, 11) is 0. The molecule has 102 valence electrons. The van der Waals surface area contributed by atoms with Gasteiger partial charge in [0.25, 0.3) is 0 Å². The van der Waals surface area contributed by atoms with Gasteiger partial charge in [-0.15, -0.1) is 0 Å². The highest BCUT2D eigenvalue weighted by molar-refractivity contribution is 5.82. The molecule has 3 aromatic rings. The van der Waals surface area contributed by atoms with Crippen molar-refractivity contribution in [2.24, 2.45) is 0 Å². The minimum atomic E-state index is 0.131. The topological polar surface area (TPSA) is 15.3 Å². The van der Waals surface area contributed by atoms with Gasteiger partial charge in [0.05, 0.1) is 11.4 Å². The van der Waals surface area contributed by atoms with E-state index in [1.807, 2.05) is 0 Å². The van der Waals surface area contributed by atoms with Crippen LogP contribution in [-0.2, 0) is 0 Å². The normalized spacial score (nSPS) is 16.4. The molecule has 0 bridgehead atoms. The van der Waals surface area contributed by atoms with Crippen LogP contribution >= 0.6 is 0 Å². The van der Waals surface area contributed by atoms with Crippen molar-refractivity contribution in [2.45, 2.75) is 6.17 Å². The van der Waals surface area contributed by atoms with Crippen molar-refractivity contribution >= 4 is 17.1 Å². The fraction of sp³-hybridized carbons (Fsp3) is 0.0526. The fourth-order valence-electron chi connectivity index (χ4n) is 2.90. The zero-order chi connectivity index (χ0) is 14.1. The standard InChI is InChI=1S/C19H16N2/c1-3-9-15(10-4-1)19-20-17-13-7-8-14-18(17)21(19)16-11-5-2-6-12-16/h1-14,19-20H. The number of nitrogens with one attached hydrogen (secondary N) is 1. The van der Waals surface area contributed by atoms with Gasteiger partial charge in [-0.1, -0.05) is 60.7 Å². The molecule has 2 heteroatoms. The van der Waals surface area contributed by atoms with Crippen LogP contribution in [-0.4, -0.2) is 0 Å². The van der Waals surface area contributed by atoms with E-state index in [0.29, 0.717) is 0 Å². The molecular formula is C19H16N2. The highest BCUT2D eigenvalue weighted by Gasteiger charge is 2.30. The summed E-state index contributed by atoms with van der Waals surface area (Å²) in [5.74, 6) is 0. The predicted molar refractivity (Wildman–Crippen MR) is 87.8 cm³/mol. The number of para-hydroxylation sites is 3. The molecule has 0 aromatic heterocycles. The summed E-state index contributed by atoms with van der Waals surface area (Å²) in [6, 6.07) is 29.5. The lowest BCUT2D eigenvalue weighted by molar-refractivity contribution is 0.828. The first-order chi connectivity index (χ1) is 10.4. The molecule has 3 aromatic carbocycles. The van der Waals surface area contributed by atoms with Gasteiger partial charge >= 0.3 is 0 Å². The Morgan fingerprint density at radius 3 is 2.05 bits per heavy atom. The molecule has 0 spiro atoms. The summed E-state index contributed by atoms with van der Waals surface area (Å²) in [6.07, 6.45) is 0.131. The largest absolute Gasteiger partial charge is 0.359 e. The maximum Gasteiger partial charge on any atom is 0.130 e. The van der Waals surface area contributed by atoms with Crippen LogP contribution in [0.15, 0.2) is 84.9 Å². The number of hydrogen-bond acceptors (Lipinski definition) is 2. The highest BCUT2D eigenvalue weighted by atomic mass is 15.3. The van der Waals surface area contributed by atoms with Gasteiger partial charge in [0.1, 0.15) is 6.17 Å². The van der Waals surface area contributed by atoms with Gasteiger partial charge in [0, 0.05) is 5.69 Å². The number of nitrogens with zero attached hydrogens (tertiary/aromatic N) is 1. The van der Waals surface area contributed by atoms with Crippen molar-refractivity contribution in [3.8, 4) is 0 Å². The molecule has 0 amide bonds. The Kier molecular flexibility index (Phi) is 2.86. The molecular weight excluding hydrogens is 256 g/mol. The van der Waals surface area contributed by atoms with Gasteiger partial charge in [0.15, 0.2) is 0 Å². The molecule has 1 aliphatic heterocycles. The molecule has 4 rings (SSSR count). The first-order valence-corrected chi connectivity index (χ1v) is 7.18. The highest BCUT2D eigenvalue weighted by Crippen LogP contribution is 2.45. The zero-order valence-electron chi connectivity index (χ0n) is 11.6. The molecule has 0 fully saturated rings. The zero-order valence-corrected chi connectivity index (χ0v) is 11.6. The van der Waals surface area contributed by atoms with Crippen LogP contribution in [0.2, 0.25) is 0 Å². The molecule has 1 atom stereocenters. The Bertz CT molecular complexity index is 738. The number of fused-ring (bicyclic) bond motifs is 1. The smallest absolute Gasteiger partial charge is 0.130 e. The van der Waals surface area contributed by atoms with Gasteiger partial charge in [-0.05, 0) is 29.8 Å². The van der Waals surface area contributed by atoms with Gasteiger partial charge in [0.2, 0.25) is 0 Å². The van der Waals surface area contributed by atoms with Crippen LogP contribution in [0.1, 0.15) is 11.7 Å². The van der Waals surface area contributed by atoms with E-state index in [0.717, 1.165) is 0 Å². The van der Waals surface area contributed by atoms with E-state index in [-0.39, 0.29) is 6.17 Å². The lowest BCUT2D eigenvalue weighted by Crippen LogP contribution is -2.23. The maximum atomic E-state index is 3.63. The summed E-state index contributed by atoms with van der Waals surface area (Å²) in [5, 5.41) is 3.63. The Morgan fingerprint density at radius 2 is 1.29 bits per heavy atom. The van der Waals surface area contributed by atoms with Crippen molar-refractivity contribution in [3.05, 3.63) is 90.5 Å². The summed E-state index contributed by atoms with van der Waals surface area (Å²) in [5.41, 5.74) is 4.86. The Labute approximate surface area is 124 Å². The van der Waals surface area contributed by atoms with Crippen LogP contribution in [0.4, 0.5) is 17.1 Å². The van der Waals surface area contributed by atoms with Crippen molar-refractivity contribution in [3.63, 3.8) is 0 Å². The molecule has 2 nitrogen and oxygen atoms in total. The Balaban J connectivity index is 1.85. The van der Waals surface area contributed by atoms with Gasteiger partial charge < -0.3 is 10.2 Å². The van der Waals surface area contributed by atoms with Crippen LogP contribution < -0.4 is 10.2 Å². The molecule has 1 heterocycles. The van der Waals surface area contributed by atoms with Crippen LogP contribution in [0, 0.1) is 0 Å². The van der Waals surface area contributed by atoms with E-state index in [4.69, 9.17) is 0 Å². The van der Waals surface area contributed by atoms with E-state index in [2.05, 4.69) is 95.1 Å². The van der Waals surface area contributed by atoms with Crippen LogP contribution in [0.3, 0.4) is 0 Å². The number of anilines is 3. The quantitative estimate of drug-likeness (QED) is 0.710. The predicted octanol–water partition coefficient (Wildman–Crippen LogP) is 4.95. The van der Waals surface area contributed by atoms with E-state index in [1.165, 1.54) is 22.6 Å². The van der Waals surface area contributed by atoms with Crippen molar-refractivity contribution in [1.82, 2.24) is 0 Å². The third kappa shape index (κ3) is 2.05. The van der Waals surface area contributed by atoms with Crippen molar-refractivity contribution in [1.29, 1.82) is 0 Å². The molecule has 1 unspecified atom stereocenters. The lowest BCUT2D eigenvalue weighted by Gasteiger charge is -2.27. The van der Waals surface area contributed by atoms with Gasteiger partial charge in [-0.3, -0.25) is 0 Å². The summed E-state index contributed by atoms with van der Waals surface area (Å²) < 4.78 is 0. The van der Waals surface area contributed by atoms with Crippen LogP contribution in [0.25, 0.3) is 0 Å². The van der Waals surface area contributed by atoms with E-state index < -0.39 is 0 Å². The van der Waals surface area contributed by atoms with E-state index >= 15 is 0 Å². The maximum absolute atomic E-state index is 3.63. The summed E-state index contributed by atoms with van der Waals surface area (Å²) >= 11 is 0. The van der Waals surface area contributed by atoms with Crippen molar-refractivity contribution in [2.75, 3.05) is 10.2 Å². The third-order valence-electron chi connectivity index (χ3n) is 3.86. The van der Waals surface area contributed by atoms with Gasteiger partial charge in [-0.2, -0.15) is 0 Å². The molecule has 21 heavy (non-hydrogen) atoms. The van der Waals surface area contributed by atoms with E-state index in [1.54, 1.807) is 0 Å². The lowest BCUT2D eigenvalue weighted by atomic mass is 10.1. The average Bonchev–Trinajstić information content (AvgIpc) is 2.96. The second-order valence-electron chi connectivity index (χ2n) is 5.18. The fourth-order valence-corrected chi connectivity index (χ4v) is 2.90. The molecule has 0 saturated heterocycles. The monoisotopic (exact) mass is 272 g/mol. The second kappa shape index (κ2) is 4.98. The second-order valence-corrected chi connectivity index (χ2v) is 5.18. The molecule has 1 N–H and O–H groups in total. The number of hydrogen-bond donors (Lipinski definition) is 1. The Hall–Kier alpha value is -2.74. The average molecular weight is 272 g/mol. The van der Waals surface area contributed by atoms with E-state index in [9.17, 15) is 0 Å². The third-order valence-corrected chi connectivity index (χ3v) is 3.86. The SMILES string of the molecule is c1ccc(C2Nc3ccccc3N2c2ccccc2)cc1. The summed E-state index contributed by atoms with van der Waals surface area (Å²) in [6.45, 7) is 0. The first kappa shape index (κ1) is 12.0. The minimum absolute atomic E-state index is 0.131. The molecule has 0 radical (unpaired) electrons. The minimum Gasteiger partial charge on any atom is -0.359 e. The van der Waals surface area contributed by atoms with Crippen LogP contribution in [0.5, 0.6) is 0 Å². The molecule has 0 saturated carbocycles. The summed E-state index contributed by atoms with van der Waals surface area (Å²) in [4.78, 5) is 2.35. The van der Waals surface area contributed by atoms with Crippen molar-refractivity contribution < 1.29 is 0 Å². The first-order valence-electron chi connectivity index (χ1n) is 7.18.